The van der Waals surface area contributed by atoms with E-state index in [9.17, 15) is 4.79 Å². The summed E-state index contributed by atoms with van der Waals surface area (Å²) in [4.78, 5) is 16.8. The molecule has 0 fully saturated rings. The van der Waals surface area contributed by atoms with E-state index in [-0.39, 0.29) is 11.9 Å². The minimum atomic E-state index is -0.312. The molecule has 0 saturated carbocycles. The Hall–Kier alpha value is -2.66. The van der Waals surface area contributed by atoms with Gasteiger partial charge in [0, 0.05) is 23.2 Å². The van der Waals surface area contributed by atoms with E-state index in [1.807, 2.05) is 50.2 Å². The molecule has 2 aromatic carbocycles. The van der Waals surface area contributed by atoms with Gasteiger partial charge in [0.05, 0.1) is 10.7 Å². The Bertz CT molecular complexity index is 869. The topological polar surface area (TPSA) is 54.0 Å². The van der Waals surface area contributed by atoms with Crippen LogP contribution in [0.15, 0.2) is 53.9 Å². The number of thiazole rings is 1. The minimum Gasteiger partial charge on any atom is -0.374 e. The summed E-state index contributed by atoms with van der Waals surface area (Å²) in [5, 5.41) is 9.32. The number of benzene rings is 2. The summed E-state index contributed by atoms with van der Waals surface area (Å²) < 4.78 is 0. The molecular formula is C21H23N3OS. The van der Waals surface area contributed by atoms with Crippen molar-refractivity contribution in [2.45, 2.75) is 33.4 Å². The zero-order chi connectivity index (χ0) is 18.5. The molecule has 0 aliphatic carbocycles. The summed E-state index contributed by atoms with van der Waals surface area (Å²) in [6.07, 6.45) is 0. The average Bonchev–Trinajstić information content (AvgIpc) is 3.08. The van der Waals surface area contributed by atoms with Gasteiger partial charge in [-0.25, -0.2) is 4.98 Å². The van der Waals surface area contributed by atoms with Gasteiger partial charge in [-0.1, -0.05) is 42.0 Å². The van der Waals surface area contributed by atoms with Crippen LogP contribution in [0, 0.1) is 13.8 Å². The highest BCUT2D eigenvalue weighted by molar-refractivity contribution is 7.09. The highest BCUT2D eigenvalue weighted by Crippen LogP contribution is 2.23. The molecule has 5 heteroatoms. The summed E-state index contributed by atoms with van der Waals surface area (Å²) in [5.74, 6) is -0.0234. The third kappa shape index (κ3) is 4.70. The molecule has 0 bridgehead atoms. The van der Waals surface area contributed by atoms with E-state index in [0.717, 1.165) is 27.5 Å². The number of carbonyl (C=O) groups is 1. The van der Waals surface area contributed by atoms with Gasteiger partial charge in [-0.05, 0) is 38.5 Å². The van der Waals surface area contributed by atoms with E-state index in [2.05, 4.69) is 40.1 Å². The quantitative estimate of drug-likeness (QED) is 0.674. The van der Waals surface area contributed by atoms with Gasteiger partial charge in [-0.15, -0.1) is 11.3 Å². The van der Waals surface area contributed by atoms with Crippen LogP contribution in [0.1, 0.15) is 23.1 Å². The third-order valence-corrected chi connectivity index (χ3v) is 4.94. The lowest BCUT2D eigenvalue weighted by atomic mass is 10.1. The van der Waals surface area contributed by atoms with Crippen molar-refractivity contribution in [2.24, 2.45) is 0 Å². The van der Waals surface area contributed by atoms with Crippen LogP contribution in [0.5, 0.6) is 0 Å². The summed E-state index contributed by atoms with van der Waals surface area (Å²) in [5.41, 5.74) is 5.29. The number of hydrogen-bond acceptors (Lipinski definition) is 4. The Labute approximate surface area is 158 Å². The maximum Gasteiger partial charge on any atom is 0.242 e. The highest BCUT2D eigenvalue weighted by Gasteiger charge is 2.12. The zero-order valence-electron chi connectivity index (χ0n) is 15.2. The first-order valence-corrected chi connectivity index (χ1v) is 9.51. The molecule has 1 heterocycles. The van der Waals surface area contributed by atoms with Crippen LogP contribution in [-0.4, -0.2) is 16.9 Å². The van der Waals surface area contributed by atoms with E-state index in [1.54, 1.807) is 11.3 Å². The molecule has 1 aromatic heterocycles. The maximum absolute atomic E-state index is 12.3. The van der Waals surface area contributed by atoms with Crippen molar-refractivity contribution in [2.75, 3.05) is 5.32 Å². The Morgan fingerprint density at radius 3 is 2.38 bits per heavy atom. The van der Waals surface area contributed by atoms with Crippen LogP contribution in [0.4, 0.5) is 5.69 Å². The monoisotopic (exact) mass is 365 g/mol. The number of amides is 1. The molecule has 26 heavy (non-hydrogen) atoms. The van der Waals surface area contributed by atoms with Crippen molar-refractivity contribution >= 4 is 22.9 Å². The first kappa shape index (κ1) is 18.1. The number of rotatable bonds is 6. The fourth-order valence-corrected chi connectivity index (χ4v) is 3.22. The molecule has 1 atom stereocenters. The number of hydrogen-bond donors (Lipinski definition) is 2. The van der Waals surface area contributed by atoms with Crippen molar-refractivity contribution < 1.29 is 4.79 Å². The van der Waals surface area contributed by atoms with Crippen molar-refractivity contribution in [3.8, 4) is 11.3 Å². The van der Waals surface area contributed by atoms with Gasteiger partial charge in [0.25, 0.3) is 0 Å². The molecule has 134 valence electrons. The van der Waals surface area contributed by atoms with E-state index < -0.39 is 0 Å². The van der Waals surface area contributed by atoms with E-state index in [1.165, 1.54) is 5.56 Å². The van der Waals surface area contributed by atoms with Crippen LogP contribution in [0.2, 0.25) is 0 Å². The van der Waals surface area contributed by atoms with Crippen LogP contribution in [-0.2, 0) is 11.3 Å². The molecule has 0 aliphatic rings. The summed E-state index contributed by atoms with van der Waals surface area (Å²) >= 11 is 1.64. The van der Waals surface area contributed by atoms with E-state index >= 15 is 0 Å². The number of nitrogens with one attached hydrogen (secondary N) is 2. The normalized spacial score (nSPS) is 11.8. The maximum atomic E-state index is 12.3. The number of aryl methyl sites for hydroxylation is 2. The third-order valence-electron chi connectivity index (χ3n) is 4.16. The first-order chi connectivity index (χ1) is 12.5. The molecule has 0 saturated heterocycles. The molecule has 3 rings (SSSR count). The predicted molar refractivity (Wildman–Crippen MR) is 108 cm³/mol. The summed E-state index contributed by atoms with van der Waals surface area (Å²) in [6.45, 7) is 6.45. The lowest BCUT2D eigenvalue weighted by Gasteiger charge is -2.15. The van der Waals surface area contributed by atoms with Crippen molar-refractivity contribution in [3.05, 3.63) is 70.0 Å². The second kappa shape index (κ2) is 8.15. The minimum absolute atomic E-state index is 0.0234. The summed E-state index contributed by atoms with van der Waals surface area (Å²) in [6, 6.07) is 15.9. The van der Waals surface area contributed by atoms with Gasteiger partial charge >= 0.3 is 0 Å². The summed E-state index contributed by atoms with van der Waals surface area (Å²) in [7, 11) is 0. The van der Waals surface area contributed by atoms with Gasteiger partial charge in [0.1, 0.15) is 6.04 Å². The molecule has 3 aromatic rings. The van der Waals surface area contributed by atoms with Crippen LogP contribution >= 0.6 is 11.3 Å². The van der Waals surface area contributed by atoms with Gasteiger partial charge in [-0.2, -0.15) is 0 Å². The lowest BCUT2D eigenvalue weighted by Crippen LogP contribution is -2.37. The fraction of sp³-hybridized carbons (Fsp3) is 0.238. The van der Waals surface area contributed by atoms with Crippen molar-refractivity contribution in [1.29, 1.82) is 0 Å². The number of carbonyl (C=O) groups excluding carboxylic acids is 1. The Balaban J connectivity index is 1.54. The Morgan fingerprint density at radius 1 is 1.08 bits per heavy atom. The van der Waals surface area contributed by atoms with E-state index in [0.29, 0.717) is 6.54 Å². The van der Waals surface area contributed by atoms with Crippen LogP contribution < -0.4 is 10.6 Å². The van der Waals surface area contributed by atoms with Gasteiger partial charge < -0.3 is 10.6 Å². The smallest absolute Gasteiger partial charge is 0.242 e. The second-order valence-corrected chi connectivity index (χ2v) is 7.46. The number of aromatic nitrogens is 1. The van der Waals surface area contributed by atoms with Crippen molar-refractivity contribution in [1.82, 2.24) is 10.3 Å². The lowest BCUT2D eigenvalue weighted by molar-refractivity contribution is -0.121. The Kier molecular flexibility index (Phi) is 5.68. The van der Waals surface area contributed by atoms with Crippen LogP contribution in [0.3, 0.4) is 0 Å². The average molecular weight is 366 g/mol. The molecule has 1 unspecified atom stereocenters. The molecular weight excluding hydrogens is 342 g/mol. The molecule has 2 N–H and O–H groups in total. The standard InChI is InChI=1S/C21H23N3OS/c1-14-4-6-17(7-5-14)12-22-21(25)15(2)23-19-10-8-18(9-11-19)20-13-26-16(3)24-20/h4-11,13,15,23H,12H2,1-3H3,(H,22,25). The molecule has 0 spiro atoms. The second-order valence-electron chi connectivity index (χ2n) is 6.40. The van der Waals surface area contributed by atoms with Gasteiger partial charge in [-0.3, -0.25) is 4.79 Å². The van der Waals surface area contributed by atoms with E-state index in [4.69, 9.17) is 0 Å². The first-order valence-electron chi connectivity index (χ1n) is 8.63. The zero-order valence-corrected chi connectivity index (χ0v) is 16.1. The van der Waals surface area contributed by atoms with Crippen molar-refractivity contribution in [3.63, 3.8) is 0 Å². The highest BCUT2D eigenvalue weighted by atomic mass is 32.1. The largest absolute Gasteiger partial charge is 0.374 e. The molecule has 1 amide bonds. The molecule has 0 radical (unpaired) electrons. The molecule has 4 nitrogen and oxygen atoms in total. The SMILES string of the molecule is Cc1ccc(CNC(=O)C(C)Nc2ccc(-c3csc(C)n3)cc2)cc1. The van der Waals surface area contributed by atoms with Gasteiger partial charge in [0.2, 0.25) is 5.91 Å². The number of nitrogens with zero attached hydrogens (tertiary/aromatic N) is 1. The van der Waals surface area contributed by atoms with Gasteiger partial charge in [0.15, 0.2) is 0 Å². The fourth-order valence-electron chi connectivity index (χ4n) is 2.60. The Morgan fingerprint density at radius 2 is 1.77 bits per heavy atom. The number of anilines is 1. The van der Waals surface area contributed by atoms with Crippen LogP contribution in [0.25, 0.3) is 11.3 Å². The predicted octanol–water partition coefficient (Wildman–Crippen LogP) is 4.54. The molecule has 0 aliphatic heterocycles.